The number of pyridine rings is 1. The van der Waals surface area contributed by atoms with Crippen LogP contribution in [0.4, 0.5) is 0 Å². The Bertz CT molecular complexity index is 810. The summed E-state index contributed by atoms with van der Waals surface area (Å²) in [6.07, 6.45) is 2.51. The molecule has 0 amide bonds. The highest BCUT2D eigenvalue weighted by molar-refractivity contribution is 7.89. The van der Waals surface area contributed by atoms with Crippen LogP contribution >= 0.6 is 12.4 Å². The molecular formula is C16H22ClN3O2S. The number of halogens is 1. The molecule has 2 N–H and O–H groups in total. The second-order valence-corrected chi connectivity index (χ2v) is 7.90. The van der Waals surface area contributed by atoms with Gasteiger partial charge < -0.3 is 5.73 Å². The van der Waals surface area contributed by atoms with Crippen LogP contribution in [0.3, 0.4) is 0 Å². The fraction of sp³-hybridized carbons (Fsp3) is 0.438. The molecule has 0 saturated carbocycles. The van der Waals surface area contributed by atoms with Gasteiger partial charge in [0.1, 0.15) is 0 Å². The Balaban J connectivity index is 0.00000192. The summed E-state index contributed by atoms with van der Waals surface area (Å²) in [7, 11) is -3.54. The van der Waals surface area contributed by atoms with E-state index in [-0.39, 0.29) is 24.4 Å². The van der Waals surface area contributed by atoms with E-state index in [1.807, 2.05) is 26.0 Å². The van der Waals surface area contributed by atoms with Crippen LogP contribution in [0, 0.1) is 12.8 Å². The van der Waals surface area contributed by atoms with Crippen LogP contribution in [-0.4, -0.2) is 36.8 Å². The minimum Gasteiger partial charge on any atom is -0.330 e. The van der Waals surface area contributed by atoms with Gasteiger partial charge in [0.15, 0.2) is 0 Å². The Morgan fingerprint density at radius 3 is 2.74 bits per heavy atom. The van der Waals surface area contributed by atoms with E-state index in [9.17, 15) is 8.42 Å². The molecule has 1 aromatic carbocycles. The van der Waals surface area contributed by atoms with Crippen molar-refractivity contribution in [3.63, 3.8) is 0 Å². The second-order valence-electron chi connectivity index (χ2n) is 6.04. The van der Waals surface area contributed by atoms with Gasteiger partial charge in [-0.15, -0.1) is 12.4 Å². The third-order valence-corrected chi connectivity index (χ3v) is 6.49. The lowest BCUT2D eigenvalue weighted by Crippen LogP contribution is -2.34. The largest absolute Gasteiger partial charge is 0.330 e. The van der Waals surface area contributed by atoms with Crippen LogP contribution in [-0.2, 0) is 10.0 Å². The summed E-state index contributed by atoms with van der Waals surface area (Å²) in [5, 5.41) is 0.686. The highest BCUT2D eigenvalue weighted by Gasteiger charge is 2.38. The second kappa shape index (κ2) is 6.73. The van der Waals surface area contributed by atoms with Gasteiger partial charge in [-0.25, -0.2) is 8.42 Å². The minimum absolute atomic E-state index is 0. The number of nitrogens with zero attached hydrogens (tertiary/aromatic N) is 2. The average Bonchev–Trinajstić information content (AvgIpc) is 2.89. The van der Waals surface area contributed by atoms with Crippen LogP contribution < -0.4 is 5.73 Å². The van der Waals surface area contributed by atoms with Gasteiger partial charge in [-0.1, -0.05) is 6.07 Å². The van der Waals surface area contributed by atoms with Gasteiger partial charge in [-0.3, -0.25) is 4.98 Å². The van der Waals surface area contributed by atoms with E-state index in [4.69, 9.17) is 5.73 Å². The number of rotatable bonds is 3. The van der Waals surface area contributed by atoms with Crippen molar-refractivity contribution in [1.29, 1.82) is 0 Å². The summed E-state index contributed by atoms with van der Waals surface area (Å²) in [6, 6.07) is 7.09. The molecule has 1 aliphatic heterocycles. The van der Waals surface area contributed by atoms with Crippen LogP contribution in [0.25, 0.3) is 10.9 Å². The van der Waals surface area contributed by atoms with Gasteiger partial charge in [0, 0.05) is 24.2 Å². The van der Waals surface area contributed by atoms with Gasteiger partial charge >= 0.3 is 0 Å². The van der Waals surface area contributed by atoms with Crippen molar-refractivity contribution in [1.82, 2.24) is 9.29 Å². The van der Waals surface area contributed by atoms with Gasteiger partial charge in [-0.2, -0.15) is 4.31 Å². The summed E-state index contributed by atoms with van der Waals surface area (Å²) in [4.78, 5) is 4.67. The van der Waals surface area contributed by atoms with E-state index < -0.39 is 10.0 Å². The Hall–Kier alpha value is -1.21. The number of hydrogen-bond donors (Lipinski definition) is 1. The molecule has 0 radical (unpaired) electrons. The van der Waals surface area contributed by atoms with E-state index in [1.165, 1.54) is 0 Å². The summed E-state index contributed by atoms with van der Waals surface area (Å²) < 4.78 is 27.8. The molecule has 2 unspecified atom stereocenters. The first-order valence-electron chi connectivity index (χ1n) is 7.51. The van der Waals surface area contributed by atoms with Gasteiger partial charge in [0.05, 0.1) is 10.4 Å². The van der Waals surface area contributed by atoms with Crippen LogP contribution in [0.5, 0.6) is 0 Å². The fourth-order valence-electron chi connectivity index (χ4n) is 3.25. The smallest absolute Gasteiger partial charge is 0.243 e. The number of fused-ring (bicyclic) bond motifs is 1. The molecule has 0 bridgehead atoms. The zero-order chi connectivity index (χ0) is 15.9. The van der Waals surface area contributed by atoms with Crippen molar-refractivity contribution < 1.29 is 8.42 Å². The van der Waals surface area contributed by atoms with Crippen LogP contribution in [0.15, 0.2) is 35.4 Å². The minimum atomic E-state index is -3.54. The van der Waals surface area contributed by atoms with Gasteiger partial charge in [0.2, 0.25) is 10.0 Å². The quantitative estimate of drug-likeness (QED) is 0.916. The molecule has 0 spiro atoms. The molecule has 0 aliphatic carbocycles. The molecule has 1 fully saturated rings. The molecule has 7 heteroatoms. The highest BCUT2D eigenvalue weighted by Crippen LogP contribution is 2.32. The number of benzene rings is 1. The van der Waals surface area contributed by atoms with E-state index >= 15 is 0 Å². The predicted molar refractivity (Wildman–Crippen MR) is 94.2 cm³/mol. The van der Waals surface area contributed by atoms with Crippen molar-refractivity contribution in [3.8, 4) is 0 Å². The highest BCUT2D eigenvalue weighted by atomic mass is 35.5. The lowest BCUT2D eigenvalue weighted by Gasteiger charge is -2.22. The Labute approximate surface area is 143 Å². The van der Waals surface area contributed by atoms with Crippen molar-refractivity contribution >= 4 is 33.3 Å². The van der Waals surface area contributed by atoms with E-state index in [0.29, 0.717) is 23.4 Å². The summed E-state index contributed by atoms with van der Waals surface area (Å²) >= 11 is 0. The molecule has 126 valence electrons. The molecule has 1 aromatic heterocycles. The van der Waals surface area contributed by atoms with E-state index in [2.05, 4.69) is 4.98 Å². The maximum absolute atomic E-state index is 13.1. The Morgan fingerprint density at radius 2 is 2.09 bits per heavy atom. The number of aryl methyl sites for hydroxylation is 1. The molecule has 1 saturated heterocycles. The standard InChI is InChI=1S/C16H21N3O2S.ClH/c1-11-5-6-15(14-4-3-7-18-16(11)14)22(20,21)19-10-13(9-17)8-12(19)2;/h3-7,12-13H,8-10,17H2,1-2H3;1H. The third kappa shape index (κ3) is 3.08. The summed E-state index contributed by atoms with van der Waals surface area (Å²) in [6.45, 7) is 4.90. The van der Waals surface area contributed by atoms with Crippen molar-refractivity contribution in [2.75, 3.05) is 13.1 Å². The first kappa shape index (κ1) is 18.1. The molecule has 2 heterocycles. The molecule has 5 nitrogen and oxygen atoms in total. The van der Waals surface area contributed by atoms with Gasteiger partial charge in [0.25, 0.3) is 0 Å². The fourth-order valence-corrected chi connectivity index (χ4v) is 5.16. The van der Waals surface area contributed by atoms with Crippen molar-refractivity contribution in [2.45, 2.75) is 31.2 Å². The zero-order valence-corrected chi connectivity index (χ0v) is 14.9. The average molecular weight is 356 g/mol. The monoisotopic (exact) mass is 355 g/mol. The maximum atomic E-state index is 13.1. The number of nitrogens with two attached hydrogens (primary N) is 1. The number of aromatic nitrogens is 1. The lowest BCUT2D eigenvalue weighted by atomic mass is 10.1. The molecular weight excluding hydrogens is 334 g/mol. The van der Waals surface area contributed by atoms with E-state index in [1.54, 1.807) is 22.6 Å². The third-order valence-electron chi connectivity index (χ3n) is 4.46. The van der Waals surface area contributed by atoms with Crippen LogP contribution in [0.1, 0.15) is 18.9 Å². The molecule has 2 aromatic rings. The normalized spacial score (nSPS) is 22.2. The SMILES string of the molecule is Cc1ccc(S(=O)(=O)N2CC(CN)CC2C)c2cccnc12.Cl. The van der Waals surface area contributed by atoms with E-state index in [0.717, 1.165) is 17.5 Å². The Kier molecular flexibility index (Phi) is 5.30. The lowest BCUT2D eigenvalue weighted by molar-refractivity contribution is 0.405. The molecule has 23 heavy (non-hydrogen) atoms. The number of hydrogen-bond acceptors (Lipinski definition) is 4. The predicted octanol–water partition coefficient (Wildman–Crippen LogP) is 2.32. The molecule has 1 aliphatic rings. The maximum Gasteiger partial charge on any atom is 0.243 e. The first-order valence-corrected chi connectivity index (χ1v) is 8.95. The Morgan fingerprint density at radius 1 is 1.35 bits per heavy atom. The topological polar surface area (TPSA) is 76.3 Å². The van der Waals surface area contributed by atoms with Crippen molar-refractivity contribution in [2.24, 2.45) is 11.7 Å². The molecule has 2 atom stereocenters. The first-order chi connectivity index (χ1) is 10.4. The number of sulfonamides is 1. The summed E-state index contributed by atoms with van der Waals surface area (Å²) in [5.41, 5.74) is 7.44. The van der Waals surface area contributed by atoms with Crippen molar-refractivity contribution in [3.05, 3.63) is 36.0 Å². The van der Waals surface area contributed by atoms with Gasteiger partial charge in [-0.05, 0) is 56.5 Å². The molecule has 3 rings (SSSR count). The zero-order valence-electron chi connectivity index (χ0n) is 13.3. The van der Waals surface area contributed by atoms with Crippen LogP contribution in [0.2, 0.25) is 0 Å². The summed E-state index contributed by atoms with van der Waals surface area (Å²) in [5.74, 6) is 0.236.